The van der Waals surface area contributed by atoms with Crippen molar-refractivity contribution < 1.29 is 9.53 Å². The summed E-state index contributed by atoms with van der Waals surface area (Å²) in [7, 11) is 1.53. The van der Waals surface area contributed by atoms with Crippen molar-refractivity contribution in [1.29, 1.82) is 0 Å². The third-order valence-corrected chi connectivity index (χ3v) is 2.19. The molecule has 1 rings (SSSR count). The van der Waals surface area contributed by atoms with E-state index in [1.165, 1.54) is 7.11 Å². The van der Waals surface area contributed by atoms with Gasteiger partial charge in [0.15, 0.2) is 5.78 Å². The van der Waals surface area contributed by atoms with Crippen molar-refractivity contribution in [2.75, 3.05) is 13.7 Å². The summed E-state index contributed by atoms with van der Waals surface area (Å²) in [6.45, 7) is 0.196. The third-order valence-electron chi connectivity index (χ3n) is 1.76. The molecule has 0 saturated carbocycles. The molecular formula is C10H12BrNO2. The van der Waals surface area contributed by atoms with Gasteiger partial charge in [0.25, 0.3) is 0 Å². The first-order chi connectivity index (χ1) is 6.72. The second-order valence-corrected chi connectivity index (χ2v) is 3.90. The Bertz CT molecular complexity index is 315. The van der Waals surface area contributed by atoms with Crippen LogP contribution in [0.25, 0.3) is 0 Å². The topological polar surface area (TPSA) is 39.2 Å². The number of aromatic nitrogens is 1. The highest BCUT2D eigenvalue weighted by atomic mass is 79.9. The summed E-state index contributed by atoms with van der Waals surface area (Å²) in [5.74, 6) is 0.118. The lowest BCUT2D eigenvalue weighted by Gasteiger charge is -2.00. The monoisotopic (exact) mass is 257 g/mol. The lowest BCUT2D eigenvalue weighted by atomic mass is 10.1. The molecule has 0 aliphatic carbocycles. The van der Waals surface area contributed by atoms with E-state index in [4.69, 9.17) is 4.74 Å². The maximum Gasteiger partial charge on any atom is 0.158 e. The van der Waals surface area contributed by atoms with Crippen molar-refractivity contribution in [3.63, 3.8) is 0 Å². The second-order valence-electron chi connectivity index (χ2n) is 2.98. The molecule has 0 N–H and O–H groups in total. The Balaban J connectivity index is 2.41. The minimum absolute atomic E-state index is 0.118. The van der Waals surface area contributed by atoms with Crippen LogP contribution >= 0.6 is 15.9 Å². The van der Waals surface area contributed by atoms with Crippen LogP contribution in [-0.4, -0.2) is 24.5 Å². The Labute approximate surface area is 91.6 Å². The molecule has 0 unspecified atom stereocenters. The molecule has 0 amide bonds. The number of ether oxygens (including phenoxy) is 1. The summed E-state index contributed by atoms with van der Waals surface area (Å²) in [6.07, 6.45) is 4.71. The Morgan fingerprint density at radius 1 is 1.57 bits per heavy atom. The zero-order valence-corrected chi connectivity index (χ0v) is 9.58. The van der Waals surface area contributed by atoms with Crippen LogP contribution in [0.2, 0.25) is 0 Å². The van der Waals surface area contributed by atoms with E-state index in [-0.39, 0.29) is 12.4 Å². The van der Waals surface area contributed by atoms with Crippen LogP contribution in [0, 0.1) is 0 Å². The number of methoxy groups -OCH3 is 1. The molecule has 0 aliphatic rings. The molecule has 76 valence electrons. The molecule has 4 heteroatoms. The van der Waals surface area contributed by atoms with Gasteiger partial charge in [0.2, 0.25) is 0 Å². The fourth-order valence-electron chi connectivity index (χ4n) is 1.11. The molecule has 1 aromatic heterocycles. The second kappa shape index (κ2) is 5.88. The molecule has 0 radical (unpaired) electrons. The molecule has 14 heavy (non-hydrogen) atoms. The lowest BCUT2D eigenvalue weighted by molar-refractivity contribution is -0.122. The number of halogens is 1. The standard InChI is InChI=1S/C10H12BrNO2/c1-14-7-10(13)3-2-8-4-9(11)6-12-5-8/h4-6H,2-3,7H2,1H3. The van der Waals surface area contributed by atoms with Gasteiger partial charge >= 0.3 is 0 Å². The molecular weight excluding hydrogens is 246 g/mol. The summed E-state index contributed by atoms with van der Waals surface area (Å²) < 4.78 is 5.68. The van der Waals surface area contributed by atoms with Gasteiger partial charge in [-0.3, -0.25) is 9.78 Å². The Kier molecular flexibility index (Phi) is 4.76. The number of rotatable bonds is 5. The highest BCUT2D eigenvalue weighted by Crippen LogP contribution is 2.11. The van der Waals surface area contributed by atoms with Gasteiger partial charge in [-0.15, -0.1) is 0 Å². The molecule has 0 atom stereocenters. The first kappa shape index (κ1) is 11.3. The maximum absolute atomic E-state index is 11.1. The van der Waals surface area contributed by atoms with Gasteiger partial charge < -0.3 is 4.74 Å². The number of ketones is 1. The van der Waals surface area contributed by atoms with Gasteiger partial charge in [-0.05, 0) is 34.0 Å². The predicted molar refractivity (Wildman–Crippen MR) is 57.1 cm³/mol. The Morgan fingerprint density at radius 2 is 2.36 bits per heavy atom. The summed E-state index contributed by atoms with van der Waals surface area (Å²) in [4.78, 5) is 15.2. The van der Waals surface area contributed by atoms with E-state index in [0.717, 1.165) is 10.0 Å². The minimum atomic E-state index is 0.118. The number of Topliss-reactive ketones (excluding diaryl/α,β-unsaturated/α-hetero) is 1. The van der Waals surface area contributed by atoms with Crippen LogP contribution in [-0.2, 0) is 16.0 Å². The normalized spacial score (nSPS) is 10.1. The Morgan fingerprint density at radius 3 is 3.00 bits per heavy atom. The fraction of sp³-hybridized carbons (Fsp3) is 0.400. The first-order valence-corrected chi connectivity index (χ1v) is 5.11. The number of aryl methyl sites for hydroxylation is 1. The van der Waals surface area contributed by atoms with Gasteiger partial charge in [0.05, 0.1) is 0 Å². The highest BCUT2D eigenvalue weighted by molar-refractivity contribution is 9.10. The fourth-order valence-corrected chi connectivity index (χ4v) is 1.52. The van der Waals surface area contributed by atoms with Gasteiger partial charge in [-0.1, -0.05) is 0 Å². The summed E-state index contributed by atoms with van der Waals surface area (Å²) in [6, 6.07) is 1.97. The van der Waals surface area contributed by atoms with E-state index < -0.39 is 0 Å². The van der Waals surface area contributed by atoms with Gasteiger partial charge in [-0.2, -0.15) is 0 Å². The number of hydrogen-bond acceptors (Lipinski definition) is 3. The third kappa shape index (κ3) is 3.98. The average molecular weight is 258 g/mol. The SMILES string of the molecule is COCC(=O)CCc1cncc(Br)c1. The number of carbonyl (C=O) groups excluding carboxylic acids is 1. The van der Waals surface area contributed by atoms with Crippen LogP contribution in [0.5, 0.6) is 0 Å². The molecule has 0 bridgehead atoms. The van der Waals surface area contributed by atoms with Gasteiger partial charge in [0, 0.05) is 30.4 Å². The molecule has 3 nitrogen and oxygen atoms in total. The van der Waals surface area contributed by atoms with E-state index in [0.29, 0.717) is 12.8 Å². The van der Waals surface area contributed by atoms with Crippen LogP contribution < -0.4 is 0 Å². The number of hydrogen-bond donors (Lipinski definition) is 0. The van der Waals surface area contributed by atoms with E-state index >= 15 is 0 Å². The maximum atomic E-state index is 11.1. The van der Waals surface area contributed by atoms with Gasteiger partial charge in [0.1, 0.15) is 6.61 Å². The molecule has 0 saturated heterocycles. The molecule has 0 aromatic carbocycles. The van der Waals surface area contributed by atoms with Crippen LogP contribution in [0.15, 0.2) is 22.9 Å². The largest absolute Gasteiger partial charge is 0.377 e. The van der Waals surface area contributed by atoms with Crippen molar-refractivity contribution in [3.8, 4) is 0 Å². The van der Waals surface area contributed by atoms with Crippen molar-refractivity contribution in [3.05, 3.63) is 28.5 Å². The lowest BCUT2D eigenvalue weighted by Crippen LogP contribution is -2.07. The molecule has 0 fully saturated rings. The molecule has 0 spiro atoms. The quantitative estimate of drug-likeness (QED) is 0.810. The van der Waals surface area contributed by atoms with E-state index in [1.807, 2.05) is 6.07 Å². The molecule has 0 aliphatic heterocycles. The number of pyridine rings is 1. The van der Waals surface area contributed by atoms with Crippen molar-refractivity contribution >= 4 is 21.7 Å². The van der Waals surface area contributed by atoms with Crippen molar-refractivity contribution in [1.82, 2.24) is 4.98 Å². The van der Waals surface area contributed by atoms with E-state index in [2.05, 4.69) is 20.9 Å². The van der Waals surface area contributed by atoms with Gasteiger partial charge in [-0.25, -0.2) is 0 Å². The minimum Gasteiger partial charge on any atom is -0.377 e. The highest BCUT2D eigenvalue weighted by Gasteiger charge is 2.02. The van der Waals surface area contributed by atoms with Crippen LogP contribution in [0.4, 0.5) is 0 Å². The number of carbonyl (C=O) groups is 1. The Hall–Kier alpha value is -0.740. The molecule has 1 aromatic rings. The van der Waals surface area contributed by atoms with E-state index in [1.54, 1.807) is 12.4 Å². The van der Waals surface area contributed by atoms with Crippen molar-refractivity contribution in [2.24, 2.45) is 0 Å². The number of nitrogens with zero attached hydrogens (tertiary/aromatic N) is 1. The average Bonchev–Trinajstić information content (AvgIpc) is 2.15. The van der Waals surface area contributed by atoms with Crippen LogP contribution in [0.3, 0.4) is 0 Å². The predicted octanol–water partition coefficient (Wildman–Crippen LogP) is 1.99. The summed E-state index contributed by atoms with van der Waals surface area (Å²) in [5.41, 5.74) is 1.06. The first-order valence-electron chi connectivity index (χ1n) is 4.32. The van der Waals surface area contributed by atoms with Crippen molar-refractivity contribution in [2.45, 2.75) is 12.8 Å². The molecule has 1 heterocycles. The smallest absolute Gasteiger partial charge is 0.158 e. The summed E-state index contributed by atoms with van der Waals surface area (Å²) >= 11 is 3.33. The van der Waals surface area contributed by atoms with E-state index in [9.17, 15) is 4.79 Å². The zero-order valence-electron chi connectivity index (χ0n) is 8.00. The summed E-state index contributed by atoms with van der Waals surface area (Å²) in [5, 5.41) is 0. The zero-order chi connectivity index (χ0) is 10.4. The van der Waals surface area contributed by atoms with Crippen LogP contribution in [0.1, 0.15) is 12.0 Å².